The van der Waals surface area contributed by atoms with Gasteiger partial charge in [0.25, 0.3) is 0 Å². The maximum absolute atomic E-state index is 9.12. The lowest BCUT2D eigenvalue weighted by Crippen LogP contribution is -2.23. The van der Waals surface area contributed by atoms with Gasteiger partial charge in [-0.3, -0.25) is 0 Å². The fraction of sp³-hybridized carbons (Fsp3) is 0.294. The van der Waals surface area contributed by atoms with Crippen LogP contribution in [0.2, 0.25) is 0 Å². The van der Waals surface area contributed by atoms with Crippen molar-refractivity contribution in [1.29, 1.82) is 5.26 Å². The Balaban J connectivity index is 1.94. The quantitative estimate of drug-likeness (QED) is 0.793. The van der Waals surface area contributed by atoms with Gasteiger partial charge in [-0.2, -0.15) is 5.26 Å². The summed E-state index contributed by atoms with van der Waals surface area (Å²) in [5.41, 5.74) is 4.26. The molecule has 0 unspecified atom stereocenters. The van der Waals surface area contributed by atoms with Crippen molar-refractivity contribution in [2.24, 2.45) is 0 Å². The van der Waals surface area contributed by atoms with Crippen LogP contribution >= 0.6 is 0 Å². The zero-order valence-corrected chi connectivity index (χ0v) is 11.6. The molecule has 0 spiro atoms. The highest BCUT2D eigenvalue weighted by atomic mass is 15.2. The largest absolute Gasteiger partial charge is 0.352 e. The first-order valence-electron chi connectivity index (χ1n) is 6.97. The number of nitriles is 1. The van der Waals surface area contributed by atoms with E-state index >= 15 is 0 Å². The van der Waals surface area contributed by atoms with Gasteiger partial charge in [0.1, 0.15) is 17.6 Å². The zero-order valence-electron chi connectivity index (χ0n) is 11.6. The number of hydrogen-bond donors (Lipinski definition) is 0. The minimum Gasteiger partial charge on any atom is -0.352 e. The number of hydrogen-bond acceptors (Lipinski definition) is 3. The highest BCUT2D eigenvalue weighted by Gasteiger charge is 2.16. The van der Waals surface area contributed by atoms with Gasteiger partial charge < -0.3 is 4.90 Å². The van der Waals surface area contributed by atoms with Gasteiger partial charge in [-0.15, -0.1) is 0 Å². The monoisotopic (exact) mass is 263 g/mol. The molecule has 0 radical (unpaired) electrons. The molecule has 0 amide bonds. The molecule has 0 bridgehead atoms. The lowest BCUT2D eigenvalue weighted by atomic mass is 10.0. The van der Waals surface area contributed by atoms with Crippen molar-refractivity contribution in [3.63, 3.8) is 0 Å². The lowest BCUT2D eigenvalue weighted by Gasteiger charge is -2.22. The maximum Gasteiger partial charge on any atom is 0.145 e. The summed E-state index contributed by atoms with van der Waals surface area (Å²) in [5, 5.41) is 9.12. The fourth-order valence-corrected chi connectivity index (χ4v) is 2.70. The van der Waals surface area contributed by atoms with Gasteiger partial charge in [0.05, 0.1) is 0 Å². The first-order chi connectivity index (χ1) is 9.78. The molecule has 1 aromatic carbocycles. The summed E-state index contributed by atoms with van der Waals surface area (Å²) in [6.07, 6.45) is 2.23. The summed E-state index contributed by atoms with van der Waals surface area (Å²) in [5.74, 6) is 0.906. The molecule has 2 heterocycles. The van der Waals surface area contributed by atoms with E-state index in [1.54, 1.807) is 0 Å². The van der Waals surface area contributed by atoms with Crippen LogP contribution in [-0.2, 0) is 13.0 Å². The van der Waals surface area contributed by atoms with Gasteiger partial charge in [-0.1, -0.05) is 30.3 Å². The average Bonchev–Trinajstić information content (AvgIpc) is 2.70. The van der Waals surface area contributed by atoms with Crippen molar-refractivity contribution in [3.8, 4) is 6.07 Å². The predicted molar refractivity (Wildman–Crippen MR) is 79.5 cm³/mol. The van der Waals surface area contributed by atoms with Gasteiger partial charge in [-0.25, -0.2) is 4.98 Å². The smallest absolute Gasteiger partial charge is 0.145 e. The summed E-state index contributed by atoms with van der Waals surface area (Å²) < 4.78 is 0. The molecule has 0 saturated carbocycles. The minimum absolute atomic E-state index is 0.528. The molecule has 1 aliphatic heterocycles. The third kappa shape index (κ3) is 2.37. The number of fused-ring (bicyclic) bond motifs is 1. The minimum atomic E-state index is 0.528. The van der Waals surface area contributed by atoms with Crippen LogP contribution in [0.1, 0.15) is 28.8 Å². The standard InChI is InChI=1S/C17H17N3/c1-13-8-9-17(19-16(13)11-18)20-10-4-7-14-5-2-3-6-15(14)12-20/h2-3,5-6,8-9H,4,7,10,12H2,1H3. The molecule has 2 aromatic rings. The number of aromatic nitrogens is 1. The van der Waals surface area contributed by atoms with Crippen LogP contribution in [0, 0.1) is 18.3 Å². The molecule has 0 saturated heterocycles. The third-order valence-corrected chi connectivity index (χ3v) is 3.87. The van der Waals surface area contributed by atoms with E-state index in [2.05, 4.69) is 40.2 Å². The number of pyridine rings is 1. The van der Waals surface area contributed by atoms with Gasteiger partial charge in [0.2, 0.25) is 0 Å². The van der Waals surface area contributed by atoms with Crippen LogP contribution in [0.15, 0.2) is 36.4 Å². The van der Waals surface area contributed by atoms with Crippen LogP contribution in [0.4, 0.5) is 5.82 Å². The van der Waals surface area contributed by atoms with Crippen LogP contribution in [-0.4, -0.2) is 11.5 Å². The molecule has 1 aliphatic rings. The predicted octanol–water partition coefficient (Wildman–Crippen LogP) is 3.21. The van der Waals surface area contributed by atoms with E-state index in [1.807, 2.05) is 19.1 Å². The second-order valence-electron chi connectivity index (χ2n) is 5.24. The van der Waals surface area contributed by atoms with Crippen molar-refractivity contribution >= 4 is 5.82 Å². The van der Waals surface area contributed by atoms with Gasteiger partial charge in [0, 0.05) is 13.1 Å². The van der Waals surface area contributed by atoms with Crippen LogP contribution in [0.3, 0.4) is 0 Å². The summed E-state index contributed by atoms with van der Waals surface area (Å²) in [6.45, 7) is 3.78. The number of rotatable bonds is 1. The first-order valence-corrected chi connectivity index (χ1v) is 6.97. The zero-order chi connectivity index (χ0) is 13.9. The Labute approximate surface area is 119 Å². The van der Waals surface area contributed by atoms with Crippen molar-refractivity contribution in [1.82, 2.24) is 4.98 Å². The molecule has 1 aromatic heterocycles. The van der Waals surface area contributed by atoms with Crippen molar-refractivity contribution in [2.75, 3.05) is 11.4 Å². The van der Waals surface area contributed by atoms with Crippen molar-refractivity contribution in [3.05, 3.63) is 58.8 Å². The van der Waals surface area contributed by atoms with Crippen molar-refractivity contribution in [2.45, 2.75) is 26.3 Å². The Morgan fingerprint density at radius 2 is 1.95 bits per heavy atom. The van der Waals surface area contributed by atoms with Crippen molar-refractivity contribution < 1.29 is 0 Å². The highest BCUT2D eigenvalue weighted by molar-refractivity contribution is 5.46. The molecule has 100 valence electrons. The maximum atomic E-state index is 9.12. The third-order valence-electron chi connectivity index (χ3n) is 3.87. The number of nitrogens with zero attached hydrogens (tertiary/aromatic N) is 3. The second kappa shape index (κ2) is 5.34. The number of anilines is 1. The summed E-state index contributed by atoms with van der Waals surface area (Å²) in [6, 6.07) is 14.8. The second-order valence-corrected chi connectivity index (χ2v) is 5.24. The Kier molecular flexibility index (Phi) is 3.39. The first kappa shape index (κ1) is 12.7. The summed E-state index contributed by atoms with van der Waals surface area (Å²) in [7, 11) is 0. The Bertz CT molecular complexity index is 670. The molecule has 0 fully saturated rings. The van der Waals surface area contributed by atoms with E-state index in [-0.39, 0.29) is 0 Å². The topological polar surface area (TPSA) is 39.9 Å². The van der Waals surface area contributed by atoms with Gasteiger partial charge in [-0.05, 0) is 42.5 Å². The highest BCUT2D eigenvalue weighted by Crippen LogP contribution is 2.23. The molecule has 20 heavy (non-hydrogen) atoms. The van der Waals surface area contributed by atoms with Crippen LogP contribution < -0.4 is 4.90 Å². The lowest BCUT2D eigenvalue weighted by molar-refractivity contribution is 0.753. The SMILES string of the molecule is Cc1ccc(N2CCCc3ccccc3C2)nc1C#N. The summed E-state index contributed by atoms with van der Waals surface area (Å²) >= 11 is 0. The normalized spacial score (nSPS) is 14.3. The van der Waals surface area contributed by atoms with Crippen LogP contribution in [0.5, 0.6) is 0 Å². The van der Waals surface area contributed by atoms with E-state index in [4.69, 9.17) is 5.26 Å². The molecule has 0 N–H and O–H groups in total. The number of benzene rings is 1. The summed E-state index contributed by atoms with van der Waals surface area (Å²) in [4.78, 5) is 6.76. The number of aryl methyl sites for hydroxylation is 2. The van der Waals surface area contributed by atoms with E-state index in [9.17, 15) is 0 Å². The Morgan fingerprint density at radius 1 is 1.15 bits per heavy atom. The molecule has 0 aliphatic carbocycles. The molecule has 3 nitrogen and oxygen atoms in total. The van der Waals surface area contributed by atoms with Gasteiger partial charge >= 0.3 is 0 Å². The van der Waals surface area contributed by atoms with E-state index in [0.717, 1.165) is 37.3 Å². The van der Waals surface area contributed by atoms with E-state index in [1.165, 1.54) is 11.1 Å². The van der Waals surface area contributed by atoms with E-state index < -0.39 is 0 Å². The molecular formula is C17H17N3. The van der Waals surface area contributed by atoms with E-state index in [0.29, 0.717) is 5.69 Å². The Morgan fingerprint density at radius 3 is 2.75 bits per heavy atom. The van der Waals surface area contributed by atoms with Crippen LogP contribution in [0.25, 0.3) is 0 Å². The molecule has 0 atom stereocenters. The Hall–Kier alpha value is -2.34. The van der Waals surface area contributed by atoms with Gasteiger partial charge in [0.15, 0.2) is 0 Å². The molecule has 3 heteroatoms. The molecular weight excluding hydrogens is 246 g/mol. The fourth-order valence-electron chi connectivity index (χ4n) is 2.70. The molecule has 3 rings (SSSR count). The average molecular weight is 263 g/mol.